The lowest BCUT2D eigenvalue weighted by Crippen LogP contribution is -2.09. The summed E-state index contributed by atoms with van der Waals surface area (Å²) < 4.78 is 12.9. The summed E-state index contributed by atoms with van der Waals surface area (Å²) in [4.78, 5) is 24.4. The lowest BCUT2D eigenvalue weighted by Gasteiger charge is -2.10. The standard InChI is InChI=1S/C25H25N7O3/c1-12-21(13(2)35-31-12)16-8-17-15(9-18(16)34-5)22-23(28-17)26-14(3)27-24(22)29-20-10-19(30-32(20)4)25(11-33)6-7-25/h8-11H,6-7H2,1-5H3,(H2,26,27,28,29). The monoisotopic (exact) mass is 471 g/mol. The van der Waals surface area contributed by atoms with E-state index in [-0.39, 0.29) is 0 Å². The molecule has 5 aromatic rings. The molecule has 4 aromatic heterocycles. The van der Waals surface area contributed by atoms with Crippen LogP contribution in [0.4, 0.5) is 11.6 Å². The molecule has 0 radical (unpaired) electrons. The fourth-order valence-electron chi connectivity index (χ4n) is 4.78. The minimum atomic E-state index is -0.447. The average Bonchev–Trinajstić information content (AvgIpc) is 3.28. The number of carbonyl (C=O) groups is 1. The van der Waals surface area contributed by atoms with Crippen molar-refractivity contribution in [1.82, 2.24) is 29.9 Å². The highest BCUT2D eigenvalue weighted by molar-refractivity contribution is 6.13. The number of benzene rings is 1. The molecule has 0 spiro atoms. The third-order valence-electron chi connectivity index (χ3n) is 6.84. The van der Waals surface area contributed by atoms with E-state index in [1.165, 1.54) is 0 Å². The summed E-state index contributed by atoms with van der Waals surface area (Å²) in [6.45, 7) is 5.65. The fourth-order valence-corrected chi connectivity index (χ4v) is 4.78. The Labute approximate surface area is 200 Å². The number of carbonyl (C=O) groups excluding carboxylic acids is 1. The Morgan fingerprint density at radius 1 is 1.20 bits per heavy atom. The van der Waals surface area contributed by atoms with E-state index in [9.17, 15) is 4.79 Å². The van der Waals surface area contributed by atoms with Crippen LogP contribution in [0.15, 0.2) is 22.7 Å². The summed E-state index contributed by atoms with van der Waals surface area (Å²) in [5.41, 5.74) is 4.53. The van der Waals surface area contributed by atoms with Crippen LogP contribution in [0, 0.1) is 20.8 Å². The summed E-state index contributed by atoms with van der Waals surface area (Å²) in [7, 11) is 3.50. The van der Waals surface area contributed by atoms with Gasteiger partial charge >= 0.3 is 0 Å². The lowest BCUT2D eigenvalue weighted by molar-refractivity contribution is -0.110. The van der Waals surface area contributed by atoms with Gasteiger partial charge in [0.25, 0.3) is 0 Å². The third kappa shape index (κ3) is 3.20. The molecule has 1 fully saturated rings. The van der Waals surface area contributed by atoms with Crippen LogP contribution >= 0.6 is 0 Å². The van der Waals surface area contributed by atoms with Gasteiger partial charge in [0.2, 0.25) is 0 Å². The Hall–Kier alpha value is -4.21. The predicted molar refractivity (Wildman–Crippen MR) is 131 cm³/mol. The zero-order chi connectivity index (χ0) is 24.5. The van der Waals surface area contributed by atoms with Gasteiger partial charge in [-0.2, -0.15) is 5.10 Å². The van der Waals surface area contributed by atoms with Gasteiger partial charge in [0.1, 0.15) is 40.9 Å². The Morgan fingerprint density at radius 2 is 2.00 bits per heavy atom. The number of nitrogens with zero attached hydrogens (tertiary/aromatic N) is 5. The topological polar surface area (TPSA) is 124 Å². The van der Waals surface area contributed by atoms with Crippen LogP contribution in [0.3, 0.4) is 0 Å². The first-order chi connectivity index (χ1) is 16.8. The maximum absolute atomic E-state index is 11.6. The second-order valence-corrected chi connectivity index (χ2v) is 9.20. The number of H-pyrrole nitrogens is 1. The van der Waals surface area contributed by atoms with Crippen molar-refractivity contribution in [3.8, 4) is 16.9 Å². The van der Waals surface area contributed by atoms with E-state index < -0.39 is 5.41 Å². The van der Waals surface area contributed by atoms with Gasteiger partial charge in [0, 0.05) is 29.6 Å². The Balaban J connectivity index is 1.52. The summed E-state index contributed by atoms with van der Waals surface area (Å²) in [6, 6.07) is 5.94. The summed E-state index contributed by atoms with van der Waals surface area (Å²) in [5.74, 6) is 3.45. The number of anilines is 2. The lowest BCUT2D eigenvalue weighted by atomic mass is 10.0. The van der Waals surface area contributed by atoms with Crippen LogP contribution in [-0.4, -0.2) is 43.3 Å². The molecule has 4 heterocycles. The van der Waals surface area contributed by atoms with E-state index in [1.54, 1.807) is 11.8 Å². The highest BCUT2D eigenvalue weighted by atomic mass is 16.5. The Bertz CT molecular complexity index is 1620. The molecule has 1 aromatic carbocycles. The summed E-state index contributed by atoms with van der Waals surface area (Å²) in [5, 5.41) is 13.9. The molecule has 10 nitrogen and oxygen atoms in total. The van der Waals surface area contributed by atoms with Crippen molar-refractivity contribution in [3.05, 3.63) is 41.2 Å². The maximum atomic E-state index is 11.6. The van der Waals surface area contributed by atoms with E-state index >= 15 is 0 Å². The van der Waals surface area contributed by atoms with Gasteiger partial charge in [-0.25, -0.2) is 9.97 Å². The van der Waals surface area contributed by atoms with E-state index in [2.05, 4.69) is 25.5 Å². The molecule has 1 aliphatic carbocycles. The number of ether oxygens (including phenoxy) is 1. The van der Waals surface area contributed by atoms with Gasteiger partial charge in [-0.1, -0.05) is 5.16 Å². The smallest absolute Gasteiger partial charge is 0.145 e. The molecule has 178 valence electrons. The molecule has 0 aliphatic heterocycles. The van der Waals surface area contributed by atoms with E-state index in [1.807, 2.05) is 46.0 Å². The number of hydrogen-bond donors (Lipinski definition) is 2. The second kappa shape index (κ2) is 7.39. The number of aromatic amines is 1. The van der Waals surface area contributed by atoms with Crippen molar-refractivity contribution in [2.75, 3.05) is 12.4 Å². The van der Waals surface area contributed by atoms with Crippen LogP contribution < -0.4 is 10.1 Å². The molecule has 0 atom stereocenters. The van der Waals surface area contributed by atoms with Gasteiger partial charge < -0.3 is 24.4 Å². The molecular weight excluding hydrogens is 446 g/mol. The van der Waals surface area contributed by atoms with Crippen LogP contribution in [0.25, 0.3) is 33.1 Å². The third-order valence-corrected chi connectivity index (χ3v) is 6.84. The molecule has 2 N–H and O–H groups in total. The minimum absolute atomic E-state index is 0.447. The molecule has 0 amide bonds. The van der Waals surface area contributed by atoms with Crippen molar-refractivity contribution in [2.24, 2.45) is 7.05 Å². The maximum Gasteiger partial charge on any atom is 0.145 e. The number of nitrogens with one attached hydrogen (secondary N) is 2. The zero-order valence-corrected chi connectivity index (χ0v) is 20.2. The first-order valence-electron chi connectivity index (χ1n) is 11.4. The molecule has 0 unspecified atom stereocenters. The van der Waals surface area contributed by atoms with Crippen molar-refractivity contribution < 1.29 is 14.1 Å². The number of rotatable bonds is 6. The molecule has 0 saturated heterocycles. The molecule has 35 heavy (non-hydrogen) atoms. The normalized spacial score (nSPS) is 14.5. The first-order valence-corrected chi connectivity index (χ1v) is 11.4. The predicted octanol–water partition coefficient (Wildman–Crippen LogP) is 4.41. The number of hydrogen-bond acceptors (Lipinski definition) is 8. The van der Waals surface area contributed by atoms with Gasteiger partial charge in [0.15, 0.2) is 0 Å². The molecule has 1 aliphatic rings. The van der Waals surface area contributed by atoms with Gasteiger partial charge in [-0.15, -0.1) is 0 Å². The van der Waals surface area contributed by atoms with Crippen molar-refractivity contribution >= 4 is 39.9 Å². The zero-order valence-electron chi connectivity index (χ0n) is 20.2. The van der Waals surface area contributed by atoms with Crippen molar-refractivity contribution in [1.29, 1.82) is 0 Å². The number of aldehydes is 1. The van der Waals surface area contributed by atoms with E-state index in [0.717, 1.165) is 69.5 Å². The van der Waals surface area contributed by atoms with Gasteiger partial charge in [0.05, 0.1) is 34.9 Å². The fraction of sp³-hybridized carbons (Fsp3) is 0.320. The van der Waals surface area contributed by atoms with Crippen LogP contribution in [-0.2, 0) is 17.3 Å². The quantitative estimate of drug-likeness (QED) is 0.349. The molecule has 0 bridgehead atoms. The van der Waals surface area contributed by atoms with Crippen LogP contribution in [0.2, 0.25) is 0 Å². The average molecular weight is 472 g/mol. The number of fused-ring (bicyclic) bond motifs is 3. The van der Waals surface area contributed by atoms with Gasteiger partial charge in [-0.05, 0) is 45.7 Å². The molecular formula is C25H25N7O3. The first kappa shape index (κ1) is 21.3. The van der Waals surface area contributed by atoms with E-state index in [4.69, 9.17) is 14.2 Å². The molecule has 10 heteroatoms. The Morgan fingerprint density at radius 3 is 2.66 bits per heavy atom. The van der Waals surface area contributed by atoms with Crippen LogP contribution in [0.1, 0.15) is 35.8 Å². The van der Waals surface area contributed by atoms with Crippen LogP contribution in [0.5, 0.6) is 5.75 Å². The SMILES string of the molecule is COc1cc2c(cc1-c1c(C)noc1C)[nH]c1nc(C)nc(Nc3cc(C4(C=O)CC4)nn3C)c12. The second-order valence-electron chi connectivity index (χ2n) is 9.20. The molecule has 6 rings (SSSR count). The van der Waals surface area contributed by atoms with Crippen molar-refractivity contribution in [3.63, 3.8) is 0 Å². The highest BCUT2D eigenvalue weighted by Gasteiger charge is 2.46. The molecule has 1 saturated carbocycles. The largest absolute Gasteiger partial charge is 0.496 e. The summed E-state index contributed by atoms with van der Waals surface area (Å²) in [6.07, 6.45) is 2.67. The summed E-state index contributed by atoms with van der Waals surface area (Å²) >= 11 is 0. The number of aromatic nitrogens is 6. The van der Waals surface area contributed by atoms with E-state index in [0.29, 0.717) is 23.0 Å². The van der Waals surface area contributed by atoms with Crippen molar-refractivity contribution in [2.45, 2.75) is 39.0 Å². The Kier molecular flexibility index (Phi) is 4.51. The van der Waals surface area contributed by atoms with Gasteiger partial charge in [-0.3, -0.25) is 4.68 Å². The number of methoxy groups -OCH3 is 1. The number of aryl methyl sites for hydroxylation is 4. The minimum Gasteiger partial charge on any atom is -0.496 e. The highest BCUT2D eigenvalue weighted by Crippen LogP contribution is 2.46.